The topological polar surface area (TPSA) is 65.0 Å². The van der Waals surface area contributed by atoms with E-state index in [1.54, 1.807) is 26.4 Å². The number of hydrogen-bond acceptors (Lipinski definition) is 5. The van der Waals surface area contributed by atoms with Crippen molar-refractivity contribution in [3.63, 3.8) is 0 Å². The highest BCUT2D eigenvalue weighted by molar-refractivity contribution is 9.10. The number of rotatable bonds is 2. The van der Waals surface area contributed by atoms with Crippen LogP contribution in [-0.4, -0.2) is 32.8 Å². The van der Waals surface area contributed by atoms with Crippen LogP contribution in [0.1, 0.15) is 5.69 Å². The average Bonchev–Trinajstić information content (AvgIpc) is 2.28. The van der Waals surface area contributed by atoms with Crippen molar-refractivity contribution >= 4 is 37.6 Å². The van der Waals surface area contributed by atoms with Crippen molar-refractivity contribution in [2.45, 2.75) is 11.9 Å². The van der Waals surface area contributed by atoms with E-state index in [2.05, 4.69) is 31.1 Å². The Kier molecular flexibility index (Phi) is 3.39. The lowest BCUT2D eigenvalue weighted by Crippen LogP contribution is -2.01. The molecule has 0 aliphatic rings. The van der Waals surface area contributed by atoms with Crippen molar-refractivity contribution in [3.05, 3.63) is 16.2 Å². The Morgan fingerprint density at radius 2 is 2.12 bits per heavy atom. The molecule has 0 fully saturated rings. The van der Waals surface area contributed by atoms with Gasteiger partial charge in [0.25, 0.3) is 0 Å². The van der Waals surface area contributed by atoms with Gasteiger partial charge >= 0.3 is 0 Å². The predicted molar refractivity (Wildman–Crippen MR) is 68.7 cm³/mol. The van der Waals surface area contributed by atoms with Gasteiger partial charge in [-0.2, -0.15) is 5.10 Å². The molecule has 1 atom stereocenters. The lowest BCUT2D eigenvalue weighted by atomic mass is 10.2. The predicted octanol–water partition coefficient (Wildman–Crippen LogP) is 1.84. The fraction of sp³-hybridized carbons (Fsp3) is 0.300. The summed E-state index contributed by atoms with van der Waals surface area (Å²) in [6.45, 7) is 1.80. The number of pyridine rings is 1. The molecule has 2 aromatic heterocycles. The van der Waals surface area contributed by atoms with Gasteiger partial charge in [0, 0.05) is 11.6 Å². The van der Waals surface area contributed by atoms with Crippen LogP contribution in [0.4, 0.5) is 0 Å². The van der Waals surface area contributed by atoms with Crippen LogP contribution in [0.2, 0.25) is 0 Å². The van der Waals surface area contributed by atoms with Crippen molar-refractivity contribution in [2.24, 2.45) is 0 Å². The van der Waals surface area contributed by atoms with E-state index in [0.29, 0.717) is 26.6 Å². The van der Waals surface area contributed by atoms with E-state index in [9.17, 15) is 4.21 Å². The van der Waals surface area contributed by atoms with Gasteiger partial charge in [-0.15, -0.1) is 5.10 Å². The third kappa shape index (κ3) is 2.16. The van der Waals surface area contributed by atoms with Crippen molar-refractivity contribution < 1.29 is 8.95 Å². The Hall–Kier alpha value is -1.08. The highest BCUT2D eigenvalue weighted by Crippen LogP contribution is 2.29. The second kappa shape index (κ2) is 4.66. The number of aromatic nitrogens is 3. The first-order valence-corrected chi connectivity index (χ1v) is 7.10. The zero-order valence-electron chi connectivity index (χ0n) is 9.52. The van der Waals surface area contributed by atoms with Crippen molar-refractivity contribution in [3.8, 4) is 5.88 Å². The molecule has 90 valence electrons. The molecule has 0 N–H and O–H groups in total. The van der Waals surface area contributed by atoms with Crippen LogP contribution in [0.5, 0.6) is 5.88 Å². The second-order valence-corrected chi connectivity index (χ2v) is 5.57. The summed E-state index contributed by atoms with van der Waals surface area (Å²) in [6, 6.07) is 1.81. The molecule has 0 bridgehead atoms. The number of fused-ring (bicyclic) bond motifs is 1. The highest BCUT2D eigenvalue weighted by Gasteiger charge is 2.14. The minimum absolute atomic E-state index is 0.432. The molecule has 0 spiro atoms. The van der Waals surface area contributed by atoms with Crippen molar-refractivity contribution in [1.29, 1.82) is 0 Å². The minimum Gasteiger partial charge on any atom is -0.480 e. The van der Waals surface area contributed by atoms with Crippen LogP contribution in [-0.2, 0) is 10.8 Å². The van der Waals surface area contributed by atoms with Gasteiger partial charge in [-0.3, -0.25) is 4.21 Å². The van der Waals surface area contributed by atoms with Gasteiger partial charge in [0.1, 0.15) is 5.52 Å². The molecule has 2 heterocycles. The maximum absolute atomic E-state index is 11.6. The first-order chi connectivity index (χ1) is 8.04. The number of methoxy groups -OCH3 is 1. The molecule has 0 aromatic carbocycles. The van der Waals surface area contributed by atoms with E-state index in [1.807, 2.05) is 0 Å². The van der Waals surface area contributed by atoms with Gasteiger partial charge in [0.2, 0.25) is 5.88 Å². The Labute approximate surface area is 109 Å². The summed E-state index contributed by atoms with van der Waals surface area (Å²) < 4.78 is 17.4. The van der Waals surface area contributed by atoms with Crippen LogP contribution in [0.15, 0.2) is 15.6 Å². The molecule has 0 radical (unpaired) electrons. The maximum atomic E-state index is 11.6. The molecule has 17 heavy (non-hydrogen) atoms. The fourth-order valence-corrected chi connectivity index (χ4v) is 2.59. The molecule has 5 nitrogen and oxygen atoms in total. The molecule has 0 saturated heterocycles. The highest BCUT2D eigenvalue weighted by atomic mass is 79.9. The third-order valence-corrected chi connectivity index (χ3v) is 3.69. The van der Waals surface area contributed by atoms with Crippen LogP contribution in [0.3, 0.4) is 0 Å². The SMILES string of the molecule is COc1nc2c(C)nnc(S(C)=O)c2cc1Br. The monoisotopic (exact) mass is 315 g/mol. The molecule has 7 heteroatoms. The standard InChI is InChI=1S/C10H10BrN3O2S/c1-5-8-6(10(14-13-5)17(3)15)4-7(11)9(12-8)16-2/h4H,1-3H3. The third-order valence-electron chi connectivity index (χ3n) is 2.27. The average molecular weight is 316 g/mol. The fourth-order valence-electron chi connectivity index (χ4n) is 1.49. The van der Waals surface area contributed by atoms with Crippen molar-refractivity contribution in [2.75, 3.05) is 13.4 Å². The summed E-state index contributed by atoms with van der Waals surface area (Å²) in [6.07, 6.45) is 1.57. The van der Waals surface area contributed by atoms with Crippen LogP contribution >= 0.6 is 15.9 Å². The summed E-state index contributed by atoms with van der Waals surface area (Å²) in [5.74, 6) is 0.474. The number of halogens is 1. The molecular weight excluding hydrogens is 306 g/mol. The summed E-state index contributed by atoms with van der Waals surface area (Å²) in [7, 11) is 0.340. The first kappa shape index (κ1) is 12.4. The number of aryl methyl sites for hydroxylation is 1. The second-order valence-electron chi connectivity index (χ2n) is 3.42. The van der Waals surface area contributed by atoms with Crippen LogP contribution in [0.25, 0.3) is 10.9 Å². The minimum atomic E-state index is -1.20. The first-order valence-electron chi connectivity index (χ1n) is 4.75. The van der Waals surface area contributed by atoms with Gasteiger partial charge < -0.3 is 4.74 Å². The molecular formula is C10H10BrN3O2S. The van der Waals surface area contributed by atoms with Crippen LogP contribution < -0.4 is 4.74 Å². The zero-order valence-corrected chi connectivity index (χ0v) is 11.9. The van der Waals surface area contributed by atoms with Crippen LogP contribution in [0, 0.1) is 6.92 Å². The molecule has 2 aromatic rings. The quantitative estimate of drug-likeness (QED) is 0.846. The number of hydrogen-bond donors (Lipinski definition) is 0. The molecule has 2 rings (SSSR count). The summed E-state index contributed by atoms with van der Waals surface area (Å²) in [5.41, 5.74) is 1.34. The van der Waals surface area contributed by atoms with E-state index < -0.39 is 10.8 Å². The molecule has 0 aliphatic carbocycles. The van der Waals surface area contributed by atoms with E-state index in [-0.39, 0.29) is 0 Å². The van der Waals surface area contributed by atoms with E-state index in [1.165, 1.54) is 0 Å². The van der Waals surface area contributed by atoms with Crippen molar-refractivity contribution in [1.82, 2.24) is 15.2 Å². The molecule has 0 aliphatic heterocycles. The lowest BCUT2D eigenvalue weighted by Gasteiger charge is -2.07. The number of ether oxygens (including phenoxy) is 1. The Balaban J connectivity index is 2.87. The van der Waals surface area contributed by atoms with Gasteiger partial charge in [0.05, 0.1) is 28.1 Å². The number of nitrogens with zero attached hydrogens (tertiary/aromatic N) is 3. The zero-order chi connectivity index (χ0) is 12.6. The molecule has 1 unspecified atom stereocenters. The van der Waals surface area contributed by atoms with Gasteiger partial charge in [0.15, 0.2) is 5.03 Å². The molecule has 0 amide bonds. The largest absolute Gasteiger partial charge is 0.480 e. The maximum Gasteiger partial charge on any atom is 0.228 e. The lowest BCUT2D eigenvalue weighted by molar-refractivity contribution is 0.396. The summed E-state index contributed by atoms with van der Waals surface area (Å²) >= 11 is 3.35. The van der Waals surface area contributed by atoms with Gasteiger partial charge in [-0.25, -0.2) is 4.98 Å². The van der Waals surface area contributed by atoms with Gasteiger partial charge in [-0.1, -0.05) is 0 Å². The molecule has 0 saturated carbocycles. The van der Waals surface area contributed by atoms with E-state index in [0.717, 1.165) is 5.39 Å². The summed E-state index contributed by atoms with van der Waals surface area (Å²) in [5, 5.41) is 9.07. The Morgan fingerprint density at radius 1 is 1.41 bits per heavy atom. The Bertz CT molecular complexity index is 618. The van der Waals surface area contributed by atoms with Gasteiger partial charge in [-0.05, 0) is 28.9 Å². The Morgan fingerprint density at radius 3 is 2.71 bits per heavy atom. The normalized spacial score (nSPS) is 12.7. The van der Waals surface area contributed by atoms with E-state index in [4.69, 9.17) is 4.74 Å². The summed E-state index contributed by atoms with van der Waals surface area (Å²) in [4.78, 5) is 4.33. The van der Waals surface area contributed by atoms with E-state index >= 15 is 0 Å². The smallest absolute Gasteiger partial charge is 0.228 e.